The molecule has 3 aromatic carbocycles. The van der Waals surface area contributed by atoms with Crippen LogP contribution in [0.3, 0.4) is 0 Å². The van der Waals surface area contributed by atoms with E-state index in [9.17, 15) is 27.1 Å². The Hall–Kier alpha value is -3.72. The first-order chi connectivity index (χ1) is 17.6. The van der Waals surface area contributed by atoms with E-state index in [4.69, 9.17) is 4.74 Å². The van der Waals surface area contributed by atoms with E-state index in [1.165, 1.54) is 37.4 Å². The number of hydrogen-bond donors (Lipinski definition) is 1. The Balaban J connectivity index is 1.71. The molecule has 0 bridgehead atoms. The number of alkyl halides is 3. The maximum atomic E-state index is 14.2. The van der Waals surface area contributed by atoms with E-state index < -0.39 is 35.8 Å². The summed E-state index contributed by atoms with van der Waals surface area (Å²) in [4.78, 5) is 4.06. The van der Waals surface area contributed by atoms with E-state index in [0.717, 1.165) is 6.07 Å². The molecule has 1 aromatic heterocycles. The molecule has 0 fully saturated rings. The molecule has 0 aliphatic rings. The van der Waals surface area contributed by atoms with Gasteiger partial charge in [-0.15, -0.1) is 0 Å². The fourth-order valence-corrected chi connectivity index (χ4v) is 4.42. The molecular weight excluding hydrogens is 491 g/mol. The third-order valence-corrected chi connectivity index (χ3v) is 6.41. The number of benzene rings is 3. The molecule has 4 rings (SSSR count). The summed E-state index contributed by atoms with van der Waals surface area (Å²) in [6.07, 6.45) is -3.41. The summed E-state index contributed by atoms with van der Waals surface area (Å²) in [6.45, 7) is 1.65. The first-order valence-electron chi connectivity index (χ1n) is 11.6. The zero-order chi connectivity index (χ0) is 26.8. The Morgan fingerprint density at radius 3 is 2.35 bits per heavy atom. The van der Waals surface area contributed by atoms with Crippen molar-refractivity contribution in [1.29, 1.82) is 0 Å². The van der Waals surface area contributed by atoms with Gasteiger partial charge in [-0.3, -0.25) is 4.99 Å². The summed E-state index contributed by atoms with van der Waals surface area (Å²) in [6, 6.07) is 16.4. The van der Waals surface area contributed by atoms with Gasteiger partial charge < -0.3 is 14.4 Å². The molecule has 2 atom stereocenters. The summed E-state index contributed by atoms with van der Waals surface area (Å²) in [5.41, 5.74) is -1.52. The number of fused-ring (bicyclic) bond motifs is 1. The van der Waals surface area contributed by atoms with E-state index in [1.807, 2.05) is 0 Å². The zero-order valence-electron chi connectivity index (χ0n) is 20.1. The predicted molar refractivity (Wildman–Crippen MR) is 133 cm³/mol. The molecule has 4 nitrogen and oxygen atoms in total. The number of methoxy groups -OCH3 is 1. The number of ether oxygens (including phenoxy) is 1. The van der Waals surface area contributed by atoms with Gasteiger partial charge in [0.05, 0.1) is 18.3 Å². The van der Waals surface area contributed by atoms with Crippen molar-refractivity contribution < 1.29 is 31.8 Å². The van der Waals surface area contributed by atoms with Crippen LogP contribution >= 0.6 is 0 Å². The average Bonchev–Trinajstić information content (AvgIpc) is 3.30. The fraction of sp³-hybridized carbons (Fsp3) is 0.250. The van der Waals surface area contributed by atoms with Crippen molar-refractivity contribution in [2.45, 2.75) is 37.5 Å². The van der Waals surface area contributed by atoms with Crippen LogP contribution in [0.15, 0.2) is 77.9 Å². The molecule has 37 heavy (non-hydrogen) atoms. The average molecular weight is 517 g/mol. The molecular formula is C28H25F5N2O2. The number of nitrogens with zero attached hydrogens (tertiary/aromatic N) is 2. The zero-order valence-corrected chi connectivity index (χ0v) is 20.1. The van der Waals surface area contributed by atoms with Crippen LogP contribution < -0.4 is 4.74 Å². The lowest BCUT2D eigenvalue weighted by molar-refractivity contribution is -0.232. The van der Waals surface area contributed by atoms with Gasteiger partial charge in [0.25, 0.3) is 0 Å². The van der Waals surface area contributed by atoms with Crippen LogP contribution in [0.4, 0.5) is 27.6 Å². The van der Waals surface area contributed by atoms with Gasteiger partial charge >= 0.3 is 6.18 Å². The number of aromatic nitrogens is 1. The van der Waals surface area contributed by atoms with Crippen molar-refractivity contribution in [1.82, 2.24) is 4.57 Å². The van der Waals surface area contributed by atoms with Gasteiger partial charge in [0.15, 0.2) is 17.2 Å². The SMILES string of the molecule is CCC(CC(O)(/C=N/c1cccc2c1ccn2-c1ccc(F)cc1)C(F)(F)F)c1cccc(F)c1OC. The normalized spacial score (nSPS) is 14.7. The summed E-state index contributed by atoms with van der Waals surface area (Å²) < 4.78 is 76.9. The minimum Gasteiger partial charge on any atom is -0.493 e. The Labute approximate surface area is 210 Å². The van der Waals surface area contributed by atoms with Crippen LogP contribution in [0.2, 0.25) is 0 Å². The molecule has 0 aliphatic heterocycles. The number of halogens is 5. The quantitative estimate of drug-likeness (QED) is 0.195. The maximum Gasteiger partial charge on any atom is 0.422 e. The van der Waals surface area contributed by atoms with Crippen LogP contribution in [0.5, 0.6) is 5.75 Å². The Kier molecular flexibility index (Phi) is 7.36. The van der Waals surface area contributed by atoms with Crippen molar-refractivity contribution in [2.24, 2.45) is 4.99 Å². The van der Waals surface area contributed by atoms with Crippen molar-refractivity contribution in [3.63, 3.8) is 0 Å². The lowest BCUT2D eigenvalue weighted by Crippen LogP contribution is -2.47. The standard InChI is InChI=1S/C28H25F5N2O2/c1-3-18(21-6-4-7-23(30)26(21)37-2)16-27(36,28(31,32)33)17-34-24-8-5-9-25-22(24)14-15-35(25)20-12-10-19(29)11-13-20/h4-15,17-18,36H,3,16H2,1-2H3/b34-17+. The van der Waals surface area contributed by atoms with Crippen LogP contribution in [0.1, 0.15) is 31.2 Å². The van der Waals surface area contributed by atoms with Gasteiger partial charge in [0.2, 0.25) is 0 Å². The second-order valence-corrected chi connectivity index (χ2v) is 8.72. The van der Waals surface area contributed by atoms with Crippen molar-refractivity contribution in [3.8, 4) is 11.4 Å². The summed E-state index contributed by atoms with van der Waals surface area (Å²) >= 11 is 0. The fourth-order valence-electron chi connectivity index (χ4n) is 4.42. The van der Waals surface area contributed by atoms with E-state index in [2.05, 4.69) is 4.99 Å². The van der Waals surface area contributed by atoms with Gasteiger partial charge in [-0.05, 0) is 67.3 Å². The minimum absolute atomic E-state index is 0.150. The highest BCUT2D eigenvalue weighted by molar-refractivity contribution is 5.94. The van der Waals surface area contributed by atoms with E-state index in [-0.39, 0.29) is 23.4 Å². The number of hydrogen-bond acceptors (Lipinski definition) is 3. The van der Waals surface area contributed by atoms with Gasteiger partial charge in [0, 0.05) is 29.0 Å². The summed E-state index contributed by atoms with van der Waals surface area (Å²) in [5, 5.41) is 11.4. The molecule has 0 saturated carbocycles. The van der Waals surface area contributed by atoms with Gasteiger partial charge in [-0.1, -0.05) is 25.1 Å². The lowest BCUT2D eigenvalue weighted by atomic mass is 9.84. The minimum atomic E-state index is -5.04. The second-order valence-electron chi connectivity index (χ2n) is 8.72. The third kappa shape index (κ3) is 5.22. The molecule has 2 unspecified atom stereocenters. The van der Waals surface area contributed by atoms with Crippen LogP contribution in [0, 0.1) is 11.6 Å². The number of aliphatic imine (C=N–C) groups is 1. The molecule has 0 amide bonds. The molecule has 4 aromatic rings. The lowest BCUT2D eigenvalue weighted by Gasteiger charge is -2.31. The van der Waals surface area contributed by atoms with E-state index >= 15 is 0 Å². The Morgan fingerprint density at radius 2 is 1.70 bits per heavy atom. The highest BCUT2D eigenvalue weighted by Gasteiger charge is 2.53. The molecule has 0 aliphatic carbocycles. The predicted octanol–water partition coefficient (Wildman–Crippen LogP) is 7.50. The molecule has 1 heterocycles. The molecule has 9 heteroatoms. The van der Waals surface area contributed by atoms with Crippen LogP contribution in [0.25, 0.3) is 16.6 Å². The first kappa shape index (κ1) is 26.3. The Bertz CT molecular complexity index is 1410. The molecule has 194 valence electrons. The molecule has 0 spiro atoms. The topological polar surface area (TPSA) is 46.8 Å². The van der Waals surface area contributed by atoms with E-state index in [1.54, 1.807) is 48.0 Å². The highest BCUT2D eigenvalue weighted by Crippen LogP contribution is 2.42. The van der Waals surface area contributed by atoms with Crippen molar-refractivity contribution in [3.05, 3.63) is 90.1 Å². The van der Waals surface area contributed by atoms with Gasteiger partial charge in [0.1, 0.15) is 5.82 Å². The first-order valence-corrected chi connectivity index (χ1v) is 11.6. The smallest absolute Gasteiger partial charge is 0.422 e. The van der Waals surface area contributed by atoms with Gasteiger partial charge in [-0.2, -0.15) is 13.2 Å². The van der Waals surface area contributed by atoms with E-state index in [0.29, 0.717) is 22.8 Å². The summed E-state index contributed by atoms with van der Waals surface area (Å²) in [7, 11) is 1.24. The van der Waals surface area contributed by atoms with Crippen LogP contribution in [-0.4, -0.2) is 34.8 Å². The van der Waals surface area contributed by atoms with Gasteiger partial charge in [-0.25, -0.2) is 8.78 Å². The molecule has 0 radical (unpaired) electrons. The van der Waals surface area contributed by atoms with Crippen molar-refractivity contribution in [2.75, 3.05) is 7.11 Å². The van der Waals surface area contributed by atoms with Crippen LogP contribution in [-0.2, 0) is 0 Å². The third-order valence-electron chi connectivity index (χ3n) is 6.41. The second kappa shape index (κ2) is 10.3. The number of para-hydroxylation sites is 1. The monoisotopic (exact) mass is 516 g/mol. The number of aliphatic hydroxyl groups is 1. The molecule has 0 saturated heterocycles. The Morgan fingerprint density at radius 1 is 1.00 bits per heavy atom. The molecule has 1 N–H and O–H groups in total. The largest absolute Gasteiger partial charge is 0.493 e. The summed E-state index contributed by atoms with van der Waals surface area (Å²) in [5.74, 6) is -2.10. The highest BCUT2D eigenvalue weighted by atomic mass is 19.4. The number of rotatable bonds is 8. The maximum absolute atomic E-state index is 14.2. The van der Waals surface area contributed by atoms with Crippen molar-refractivity contribution >= 4 is 22.8 Å².